The van der Waals surface area contributed by atoms with Crippen molar-refractivity contribution >= 4 is 11.6 Å². The average molecular weight is 223 g/mol. The van der Waals surface area contributed by atoms with Crippen LogP contribution in [0.1, 0.15) is 11.3 Å². The van der Waals surface area contributed by atoms with E-state index in [1.165, 1.54) is 0 Å². The molecule has 1 N–H and O–H groups in total. The third kappa shape index (κ3) is 1.89. The second kappa shape index (κ2) is 4.04. The van der Waals surface area contributed by atoms with Gasteiger partial charge in [-0.1, -0.05) is 11.6 Å². The molecule has 2 aromatic rings. The van der Waals surface area contributed by atoms with Gasteiger partial charge in [0.1, 0.15) is 0 Å². The Morgan fingerprint density at radius 2 is 2.20 bits per heavy atom. The van der Waals surface area contributed by atoms with E-state index in [-0.39, 0.29) is 6.61 Å². The maximum absolute atomic E-state index is 9.13. The van der Waals surface area contributed by atoms with Crippen molar-refractivity contribution in [1.82, 2.24) is 9.78 Å². The topological polar surface area (TPSA) is 38.0 Å². The number of rotatable bonds is 2. The molecule has 0 bridgehead atoms. The number of halogens is 1. The Labute approximate surface area is 92.9 Å². The molecule has 0 atom stereocenters. The third-order valence-electron chi connectivity index (χ3n) is 2.27. The van der Waals surface area contributed by atoms with Crippen molar-refractivity contribution in [3.63, 3.8) is 0 Å². The number of hydrogen-bond donors (Lipinski definition) is 1. The van der Waals surface area contributed by atoms with Crippen LogP contribution in [0.5, 0.6) is 0 Å². The van der Waals surface area contributed by atoms with Crippen LogP contribution >= 0.6 is 11.6 Å². The fourth-order valence-corrected chi connectivity index (χ4v) is 1.75. The van der Waals surface area contributed by atoms with Gasteiger partial charge in [0.05, 0.1) is 18.0 Å². The summed E-state index contributed by atoms with van der Waals surface area (Å²) in [7, 11) is 0. The second-order valence-electron chi connectivity index (χ2n) is 3.32. The number of aryl methyl sites for hydroxylation is 1. The fourth-order valence-electron chi connectivity index (χ4n) is 1.52. The smallest absolute Gasteiger partial charge is 0.0854 e. The minimum atomic E-state index is -0.0257. The quantitative estimate of drug-likeness (QED) is 0.847. The van der Waals surface area contributed by atoms with Gasteiger partial charge in [-0.05, 0) is 36.8 Å². The molecule has 1 aromatic heterocycles. The SMILES string of the molecule is Cc1cc(Cl)ccc1-n1nccc1CO. The van der Waals surface area contributed by atoms with Crippen LogP contribution in [0.4, 0.5) is 0 Å². The maximum atomic E-state index is 9.13. The lowest BCUT2D eigenvalue weighted by atomic mass is 10.2. The molecule has 3 nitrogen and oxygen atoms in total. The van der Waals surface area contributed by atoms with E-state index in [0.29, 0.717) is 5.02 Å². The number of hydrogen-bond acceptors (Lipinski definition) is 2. The van der Waals surface area contributed by atoms with E-state index in [0.717, 1.165) is 16.9 Å². The first-order valence-electron chi connectivity index (χ1n) is 4.62. The monoisotopic (exact) mass is 222 g/mol. The highest BCUT2D eigenvalue weighted by Crippen LogP contribution is 2.19. The van der Waals surface area contributed by atoms with Crippen molar-refractivity contribution < 1.29 is 5.11 Å². The third-order valence-corrected chi connectivity index (χ3v) is 2.51. The summed E-state index contributed by atoms with van der Waals surface area (Å²) in [4.78, 5) is 0. The Morgan fingerprint density at radius 3 is 2.87 bits per heavy atom. The number of aliphatic hydroxyl groups is 1. The highest BCUT2D eigenvalue weighted by Gasteiger charge is 2.06. The Hall–Kier alpha value is -1.32. The maximum Gasteiger partial charge on any atom is 0.0854 e. The largest absolute Gasteiger partial charge is 0.390 e. The molecule has 0 saturated heterocycles. The van der Waals surface area contributed by atoms with Crippen LogP contribution in [0.3, 0.4) is 0 Å². The average Bonchev–Trinajstić information content (AvgIpc) is 2.65. The molecular weight excluding hydrogens is 212 g/mol. The molecule has 0 aliphatic rings. The molecule has 0 unspecified atom stereocenters. The zero-order chi connectivity index (χ0) is 10.8. The van der Waals surface area contributed by atoms with Gasteiger partial charge >= 0.3 is 0 Å². The molecular formula is C11H11ClN2O. The number of benzene rings is 1. The van der Waals surface area contributed by atoms with Gasteiger partial charge in [0.2, 0.25) is 0 Å². The molecule has 2 rings (SSSR count). The molecule has 0 saturated carbocycles. The van der Waals surface area contributed by atoms with Gasteiger partial charge in [0.25, 0.3) is 0 Å². The van der Waals surface area contributed by atoms with Gasteiger partial charge in [-0.15, -0.1) is 0 Å². The minimum absolute atomic E-state index is 0.0257. The van der Waals surface area contributed by atoms with E-state index in [1.54, 1.807) is 16.9 Å². The fraction of sp³-hybridized carbons (Fsp3) is 0.182. The van der Waals surface area contributed by atoms with Crippen molar-refractivity contribution in [3.8, 4) is 5.69 Å². The predicted octanol–water partition coefficient (Wildman–Crippen LogP) is 2.33. The van der Waals surface area contributed by atoms with Crippen LogP contribution < -0.4 is 0 Å². The van der Waals surface area contributed by atoms with Crippen molar-refractivity contribution in [2.75, 3.05) is 0 Å². The van der Waals surface area contributed by atoms with E-state index in [1.807, 2.05) is 25.1 Å². The van der Waals surface area contributed by atoms with E-state index in [4.69, 9.17) is 16.7 Å². The summed E-state index contributed by atoms with van der Waals surface area (Å²) in [6.45, 7) is 1.94. The summed E-state index contributed by atoms with van der Waals surface area (Å²) >= 11 is 5.87. The molecule has 78 valence electrons. The molecule has 0 fully saturated rings. The molecule has 1 aromatic carbocycles. The zero-order valence-electron chi connectivity index (χ0n) is 8.31. The van der Waals surface area contributed by atoms with Crippen LogP contribution in [0.15, 0.2) is 30.5 Å². The lowest BCUT2D eigenvalue weighted by Crippen LogP contribution is -2.03. The van der Waals surface area contributed by atoms with Crippen molar-refractivity contribution in [2.45, 2.75) is 13.5 Å². The minimum Gasteiger partial charge on any atom is -0.390 e. The van der Waals surface area contributed by atoms with E-state index in [9.17, 15) is 0 Å². The van der Waals surface area contributed by atoms with Gasteiger partial charge in [-0.3, -0.25) is 0 Å². The highest BCUT2D eigenvalue weighted by molar-refractivity contribution is 6.30. The first-order valence-corrected chi connectivity index (χ1v) is 5.00. The standard InChI is InChI=1S/C11H11ClN2O/c1-8-6-9(12)2-3-11(8)14-10(7-15)4-5-13-14/h2-6,15H,7H2,1H3. The normalized spacial score (nSPS) is 10.6. The summed E-state index contributed by atoms with van der Waals surface area (Å²) in [6, 6.07) is 7.37. The number of aliphatic hydroxyl groups excluding tert-OH is 1. The first-order chi connectivity index (χ1) is 7.22. The summed E-state index contributed by atoms with van der Waals surface area (Å²) in [5, 5.41) is 14.0. The Bertz CT molecular complexity index is 479. The van der Waals surface area contributed by atoms with Crippen molar-refractivity contribution in [1.29, 1.82) is 0 Å². The van der Waals surface area contributed by atoms with E-state index in [2.05, 4.69) is 5.10 Å². The van der Waals surface area contributed by atoms with E-state index < -0.39 is 0 Å². The summed E-state index contributed by atoms with van der Waals surface area (Å²) in [6.07, 6.45) is 1.67. The van der Waals surface area contributed by atoms with Crippen LogP contribution in [0.2, 0.25) is 5.02 Å². The molecule has 4 heteroatoms. The lowest BCUT2D eigenvalue weighted by Gasteiger charge is -2.08. The first kappa shape index (κ1) is 10.2. The number of aromatic nitrogens is 2. The van der Waals surface area contributed by atoms with Crippen molar-refractivity contribution in [3.05, 3.63) is 46.7 Å². The van der Waals surface area contributed by atoms with Gasteiger partial charge in [-0.2, -0.15) is 5.10 Å². The molecule has 15 heavy (non-hydrogen) atoms. The summed E-state index contributed by atoms with van der Waals surface area (Å²) in [5.74, 6) is 0. The molecule has 0 amide bonds. The number of nitrogens with zero attached hydrogens (tertiary/aromatic N) is 2. The Morgan fingerprint density at radius 1 is 1.40 bits per heavy atom. The molecule has 0 spiro atoms. The van der Waals surface area contributed by atoms with Crippen LogP contribution in [0, 0.1) is 6.92 Å². The Kier molecular flexibility index (Phi) is 2.75. The van der Waals surface area contributed by atoms with Gasteiger partial charge < -0.3 is 5.11 Å². The summed E-state index contributed by atoms with van der Waals surface area (Å²) < 4.78 is 1.71. The van der Waals surface area contributed by atoms with Gasteiger partial charge in [0.15, 0.2) is 0 Å². The van der Waals surface area contributed by atoms with Crippen LogP contribution in [0.25, 0.3) is 5.69 Å². The predicted molar refractivity (Wildman–Crippen MR) is 59.2 cm³/mol. The van der Waals surface area contributed by atoms with E-state index >= 15 is 0 Å². The molecule has 0 aliphatic carbocycles. The van der Waals surface area contributed by atoms with Crippen molar-refractivity contribution in [2.24, 2.45) is 0 Å². The Balaban J connectivity index is 2.54. The molecule has 0 aliphatic heterocycles. The lowest BCUT2D eigenvalue weighted by molar-refractivity contribution is 0.273. The molecule has 1 heterocycles. The second-order valence-corrected chi connectivity index (χ2v) is 3.76. The zero-order valence-corrected chi connectivity index (χ0v) is 9.07. The summed E-state index contributed by atoms with van der Waals surface area (Å²) in [5.41, 5.74) is 2.73. The van der Waals surface area contributed by atoms with Crippen LogP contribution in [-0.2, 0) is 6.61 Å². The van der Waals surface area contributed by atoms with Gasteiger partial charge in [0, 0.05) is 11.2 Å². The molecule has 0 radical (unpaired) electrons. The van der Waals surface area contributed by atoms with Gasteiger partial charge in [-0.25, -0.2) is 4.68 Å². The highest BCUT2D eigenvalue weighted by atomic mass is 35.5. The van der Waals surface area contributed by atoms with Crippen LogP contribution in [-0.4, -0.2) is 14.9 Å².